The maximum atomic E-state index is 13.4. The number of ether oxygens (including phenoxy) is 2. The maximum Gasteiger partial charge on any atom is 0.225 e. The maximum absolute atomic E-state index is 13.4. The van der Waals surface area contributed by atoms with Crippen molar-refractivity contribution in [2.24, 2.45) is 17.8 Å². The minimum Gasteiger partial charge on any atom is -0.381 e. The molecule has 192 valence electrons. The van der Waals surface area contributed by atoms with Crippen LogP contribution in [0.15, 0.2) is 30.3 Å². The Morgan fingerprint density at radius 3 is 2.38 bits per heavy atom. The van der Waals surface area contributed by atoms with E-state index >= 15 is 0 Å². The van der Waals surface area contributed by atoms with Crippen molar-refractivity contribution in [2.45, 2.75) is 84.5 Å². The molecule has 0 saturated carbocycles. The third kappa shape index (κ3) is 7.54. The van der Waals surface area contributed by atoms with E-state index in [1.807, 2.05) is 30.0 Å². The molecule has 6 nitrogen and oxygen atoms in total. The molecule has 1 fully saturated rings. The molecule has 0 aliphatic carbocycles. The Morgan fingerprint density at radius 2 is 1.79 bits per heavy atom. The number of amides is 2. The van der Waals surface area contributed by atoms with Gasteiger partial charge in [-0.1, -0.05) is 70.9 Å². The third-order valence-electron chi connectivity index (χ3n) is 7.74. The van der Waals surface area contributed by atoms with Crippen LogP contribution in [0.3, 0.4) is 0 Å². The smallest absolute Gasteiger partial charge is 0.225 e. The highest BCUT2D eigenvalue weighted by Gasteiger charge is 2.40. The molecular formula is C28H46N2O4. The van der Waals surface area contributed by atoms with Gasteiger partial charge in [-0.25, -0.2) is 0 Å². The van der Waals surface area contributed by atoms with Crippen LogP contribution < -0.4 is 5.32 Å². The number of methoxy groups -OCH3 is 2. The second-order valence-corrected chi connectivity index (χ2v) is 9.75. The third-order valence-corrected chi connectivity index (χ3v) is 7.74. The average Bonchev–Trinajstić information content (AvgIpc) is 3.34. The summed E-state index contributed by atoms with van der Waals surface area (Å²) in [7, 11) is 3.36. The van der Waals surface area contributed by atoms with Crippen LogP contribution in [0.25, 0.3) is 0 Å². The van der Waals surface area contributed by atoms with E-state index in [9.17, 15) is 9.59 Å². The minimum absolute atomic E-state index is 0.0281. The van der Waals surface area contributed by atoms with E-state index < -0.39 is 0 Å². The standard InChI is InChI=1S/C28H46N2O4/c1-7-20(3)23(8-2)25(33-5)19-26(31)30-18-12-15-24(30)27(34-6)21(4)28(32)29-17-16-22-13-10-9-11-14-22/h9-11,13-14,20-21,23-25,27H,7-8,12,15-19H2,1-6H3,(H,29,32). The van der Waals surface area contributed by atoms with Gasteiger partial charge in [0.05, 0.1) is 30.6 Å². The second-order valence-electron chi connectivity index (χ2n) is 9.75. The van der Waals surface area contributed by atoms with Crippen molar-refractivity contribution >= 4 is 11.8 Å². The van der Waals surface area contributed by atoms with Crippen LogP contribution in [0, 0.1) is 17.8 Å². The molecule has 1 aliphatic rings. The fraction of sp³-hybridized carbons (Fsp3) is 0.714. The van der Waals surface area contributed by atoms with E-state index in [0.717, 1.165) is 32.1 Å². The average molecular weight is 475 g/mol. The lowest BCUT2D eigenvalue weighted by Gasteiger charge is -2.36. The molecule has 6 unspecified atom stereocenters. The molecule has 6 atom stereocenters. The molecule has 0 bridgehead atoms. The zero-order valence-electron chi connectivity index (χ0n) is 22.1. The molecule has 0 radical (unpaired) electrons. The Balaban J connectivity index is 1.99. The van der Waals surface area contributed by atoms with Crippen LogP contribution in [0.5, 0.6) is 0 Å². The Kier molecular flexibility index (Phi) is 12.1. The lowest BCUT2D eigenvalue weighted by Crippen LogP contribution is -2.50. The molecule has 1 aromatic carbocycles. The lowest BCUT2D eigenvalue weighted by molar-refractivity contribution is -0.142. The Labute approximate surface area is 206 Å². The number of rotatable bonds is 14. The fourth-order valence-electron chi connectivity index (χ4n) is 5.46. The first kappa shape index (κ1) is 28.3. The first-order valence-electron chi connectivity index (χ1n) is 13.0. The normalized spacial score (nSPS) is 20.4. The zero-order valence-corrected chi connectivity index (χ0v) is 22.1. The molecular weight excluding hydrogens is 428 g/mol. The number of nitrogens with zero attached hydrogens (tertiary/aromatic N) is 1. The molecule has 6 heteroatoms. The van der Waals surface area contributed by atoms with Gasteiger partial charge in [-0.15, -0.1) is 0 Å². The van der Waals surface area contributed by atoms with Crippen LogP contribution in [-0.2, 0) is 25.5 Å². The van der Waals surface area contributed by atoms with Gasteiger partial charge in [-0.2, -0.15) is 0 Å². The fourth-order valence-corrected chi connectivity index (χ4v) is 5.46. The number of benzene rings is 1. The summed E-state index contributed by atoms with van der Waals surface area (Å²) in [5.41, 5.74) is 1.20. The van der Waals surface area contributed by atoms with Gasteiger partial charge < -0.3 is 19.7 Å². The number of likely N-dealkylation sites (tertiary alicyclic amines) is 1. The largest absolute Gasteiger partial charge is 0.381 e. The van der Waals surface area contributed by atoms with Crippen LogP contribution >= 0.6 is 0 Å². The van der Waals surface area contributed by atoms with Gasteiger partial charge in [0.25, 0.3) is 0 Å². The van der Waals surface area contributed by atoms with Crippen molar-refractivity contribution in [3.8, 4) is 0 Å². The van der Waals surface area contributed by atoms with Crippen molar-refractivity contribution < 1.29 is 19.1 Å². The predicted octanol–water partition coefficient (Wildman–Crippen LogP) is 4.46. The SMILES string of the molecule is CCC(C)C(CC)C(CC(=O)N1CCCC1C(OC)C(C)C(=O)NCCc1ccccc1)OC. The van der Waals surface area contributed by atoms with Gasteiger partial charge in [0, 0.05) is 27.3 Å². The van der Waals surface area contributed by atoms with Crippen LogP contribution in [0.4, 0.5) is 0 Å². The van der Waals surface area contributed by atoms with Crippen molar-refractivity contribution in [1.29, 1.82) is 0 Å². The molecule has 1 saturated heterocycles. The Bertz CT molecular complexity index is 741. The van der Waals surface area contributed by atoms with E-state index in [1.54, 1.807) is 14.2 Å². The Hall–Kier alpha value is -1.92. The van der Waals surface area contributed by atoms with E-state index in [1.165, 1.54) is 5.56 Å². The second kappa shape index (κ2) is 14.5. The molecule has 34 heavy (non-hydrogen) atoms. The summed E-state index contributed by atoms with van der Waals surface area (Å²) < 4.78 is 11.6. The lowest BCUT2D eigenvalue weighted by atomic mass is 9.83. The topological polar surface area (TPSA) is 67.9 Å². The number of hydrogen-bond acceptors (Lipinski definition) is 4. The van der Waals surface area contributed by atoms with Gasteiger partial charge in [0.1, 0.15) is 0 Å². The van der Waals surface area contributed by atoms with Gasteiger partial charge in [0.2, 0.25) is 11.8 Å². The van der Waals surface area contributed by atoms with Crippen molar-refractivity contribution in [3.05, 3.63) is 35.9 Å². The molecule has 1 aliphatic heterocycles. The number of hydrogen-bond donors (Lipinski definition) is 1. The highest BCUT2D eigenvalue weighted by molar-refractivity contribution is 5.80. The molecule has 2 rings (SSSR count). The number of nitrogens with one attached hydrogen (secondary N) is 1. The van der Waals surface area contributed by atoms with Crippen LogP contribution in [0.2, 0.25) is 0 Å². The van der Waals surface area contributed by atoms with Crippen molar-refractivity contribution in [2.75, 3.05) is 27.3 Å². The van der Waals surface area contributed by atoms with Crippen LogP contribution in [0.1, 0.15) is 65.4 Å². The van der Waals surface area contributed by atoms with E-state index in [2.05, 4.69) is 38.2 Å². The van der Waals surface area contributed by atoms with E-state index in [0.29, 0.717) is 31.3 Å². The quantitative estimate of drug-likeness (QED) is 0.432. The van der Waals surface area contributed by atoms with E-state index in [-0.39, 0.29) is 36.0 Å². The summed E-state index contributed by atoms with van der Waals surface area (Å²) >= 11 is 0. The predicted molar refractivity (Wildman–Crippen MR) is 137 cm³/mol. The molecule has 1 N–H and O–H groups in total. The number of carbonyl (C=O) groups excluding carboxylic acids is 2. The highest BCUT2D eigenvalue weighted by Crippen LogP contribution is 2.30. The van der Waals surface area contributed by atoms with Crippen LogP contribution in [-0.4, -0.2) is 62.3 Å². The molecule has 0 aromatic heterocycles. The van der Waals surface area contributed by atoms with Crippen molar-refractivity contribution in [3.63, 3.8) is 0 Å². The minimum atomic E-state index is -0.346. The molecule has 0 spiro atoms. The van der Waals surface area contributed by atoms with Gasteiger partial charge in [-0.3, -0.25) is 9.59 Å². The summed E-state index contributed by atoms with van der Waals surface area (Å²) in [6.45, 7) is 9.80. The summed E-state index contributed by atoms with van der Waals surface area (Å²) in [4.78, 5) is 28.2. The summed E-state index contributed by atoms with van der Waals surface area (Å²) in [5.74, 6) is 0.589. The first-order valence-corrected chi connectivity index (χ1v) is 13.0. The molecule has 1 heterocycles. The molecule has 1 aromatic rings. The highest BCUT2D eigenvalue weighted by atomic mass is 16.5. The van der Waals surface area contributed by atoms with E-state index in [4.69, 9.17) is 9.47 Å². The zero-order chi connectivity index (χ0) is 25.1. The van der Waals surface area contributed by atoms with Crippen molar-refractivity contribution in [1.82, 2.24) is 10.2 Å². The first-order chi connectivity index (χ1) is 16.4. The van der Waals surface area contributed by atoms with Gasteiger partial charge in [0.15, 0.2) is 0 Å². The monoisotopic (exact) mass is 474 g/mol. The molecule has 2 amide bonds. The van der Waals surface area contributed by atoms with Gasteiger partial charge in [-0.05, 0) is 36.7 Å². The summed E-state index contributed by atoms with van der Waals surface area (Å²) in [6.07, 6.45) is 4.59. The number of carbonyl (C=O) groups is 2. The van der Waals surface area contributed by atoms with Gasteiger partial charge >= 0.3 is 0 Å². The summed E-state index contributed by atoms with van der Waals surface area (Å²) in [6, 6.07) is 10.0. The Morgan fingerprint density at radius 1 is 1.09 bits per heavy atom. The summed E-state index contributed by atoms with van der Waals surface area (Å²) in [5, 5.41) is 3.05.